The molecule has 0 aliphatic heterocycles. The van der Waals surface area contributed by atoms with Gasteiger partial charge in [-0.05, 0) is 24.8 Å². The molecule has 1 rings (SSSR count). The summed E-state index contributed by atoms with van der Waals surface area (Å²) in [6.45, 7) is 8.10. The Kier molecular flexibility index (Phi) is 8.06. The molecule has 21 heavy (non-hydrogen) atoms. The van der Waals surface area contributed by atoms with E-state index in [0.717, 1.165) is 31.5 Å². The first kappa shape index (κ1) is 17.7. The van der Waals surface area contributed by atoms with Crippen LogP contribution in [0.1, 0.15) is 58.1 Å². The molecule has 1 unspecified atom stereocenters. The summed E-state index contributed by atoms with van der Waals surface area (Å²) in [5.41, 5.74) is 7.27. The van der Waals surface area contributed by atoms with Gasteiger partial charge in [0.15, 0.2) is 0 Å². The molecule has 0 spiro atoms. The lowest BCUT2D eigenvalue weighted by Gasteiger charge is -2.26. The zero-order valence-corrected chi connectivity index (χ0v) is 13.7. The second-order valence-electron chi connectivity index (χ2n) is 5.67. The third-order valence-electron chi connectivity index (χ3n) is 4.26. The van der Waals surface area contributed by atoms with Crippen molar-refractivity contribution < 1.29 is 4.79 Å². The van der Waals surface area contributed by atoms with Crippen LogP contribution in [0.15, 0.2) is 30.3 Å². The molecule has 0 saturated heterocycles. The van der Waals surface area contributed by atoms with Crippen LogP contribution in [0.2, 0.25) is 0 Å². The summed E-state index contributed by atoms with van der Waals surface area (Å²) in [6.07, 6.45) is 3.50. The van der Waals surface area contributed by atoms with Gasteiger partial charge in [0.1, 0.15) is 0 Å². The maximum atomic E-state index is 12.3. The number of benzene rings is 1. The molecule has 0 aliphatic carbocycles. The molecule has 1 aromatic rings. The Morgan fingerprint density at radius 2 is 1.76 bits per heavy atom. The Labute approximate surface area is 129 Å². The van der Waals surface area contributed by atoms with Gasteiger partial charge >= 0.3 is 0 Å². The van der Waals surface area contributed by atoms with Crippen LogP contribution in [0.5, 0.6) is 0 Å². The fourth-order valence-electron chi connectivity index (χ4n) is 2.57. The van der Waals surface area contributed by atoms with E-state index in [1.807, 2.05) is 35.2 Å². The number of hydrogen-bond donors (Lipinski definition) is 1. The molecule has 0 bridgehead atoms. The molecule has 2 N–H and O–H groups in total. The monoisotopic (exact) mass is 290 g/mol. The van der Waals surface area contributed by atoms with Gasteiger partial charge < -0.3 is 10.6 Å². The van der Waals surface area contributed by atoms with E-state index in [0.29, 0.717) is 18.8 Å². The molecular weight excluding hydrogens is 260 g/mol. The Hall–Kier alpha value is -1.35. The van der Waals surface area contributed by atoms with Gasteiger partial charge in [-0.2, -0.15) is 0 Å². The standard InChI is InChI=1S/C18H30N2O/c1-4-15(5-2)14-20(6-3)18(21)13-12-17(19)16-10-8-7-9-11-16/h7-11,15,17H,4-6,12-14,19H2,1-3H3. The highest BCUT2D eigenvalue weighted by Gasteiger charge is 2.17. The van der Waals surface area contributed by atoms with Crippen molar-refractivity contribution in [2.75, 3.05) is 13.1 Å². The van der Waals surface area contributed by atoms with Crippen LogP contribution in [0.4, 0.5) is 0 Å². The van der Waals surface area contributed by atoms with E-state index in [4.69, 9.17) is 5.73 Å². The van der Waals surface area contributed by atoms with Gasteiger partial charge in [0.2, 0.25) is 5.91 Å². The van der Waals surface area contributed by atoms with E-state index in [1.54, 1.807) is 0 Å². The lowest BCUT2D eigenvalue weighted by molar-refractivity contribution is -0.131. The van der Waals surface area contributed by atoms with Crippen LogP contribution in [0, 0.1) is 5.92 Å². The first-order valence-corrected chi connectivity index (χ1v) is 8.20. The smallest absolute Gasteiger partial charge is 0.222 e. The second kappa shape index (κ2) is 9.56. The van der Waals surface area contributed by atoms with Crippen molar-refractivity contribution in [3.8, 4) is 0 Å². The van der Waals surface area contributed by atoms with Crippen molar-refractivity contribution in [1.82, 2.24) is 4.90 Å². The average Bonchev–Trinajstić information content (AvgIpc) is 2.54. The third kappa shape index (κ3) is 5.88. The topological polar surface area (TPSA) is 46.3 Å². The summed E-state index contributed by atoms with van der Waals surface area (Å²) in [5, 5.41) is 0. The zero-order chi connectivity index (χ0) is 15.7. The van der Waals surface area contributed by atoms with E-state index < -0.39 is 0 Å². The number of nitrogens with two attached hydrogens (primary N) is 1. The number of carbonyl (C=O) groups excluding carboxylic acids is 1. The van der Waals surface area contributed by atoms with E-state index in [2.05, 4.69) is 20.8 Å². The highest BCUT2D eigenvalue weighted by atomic mass is 16.2. The van der Waals surface area contributed by atoms with Crippen LogP contribution in [-0.2, 0) is 4.79 Å². The maximum Gasteiger partial charge on any atom is 0.222 e. The third-order valence-corrected chi connectivity index (χ3v) is 4.26. The highest BCUT2D eigenvalue weighted by molar-refractivity contribution is 5.76. The molecular formula is C18H30N2O. The molecule has 1 aromatic carbocycles. The van der Waals surface area contributed by atoms with E-state index in [9.17, 15) is 4.79 Å². The number of nitrogens with zero attached hydrogens (tertiary/aromatic N) is 1. The van der Waals surface area contributed by atoms with Gasteiger partial charge in [0.05, 0.1) is 0 Å². The van der Waals surface area contributed by atoms with Crippen molar-refractivity contribution in [2.45, 2.75) is 52.5 Å². The van der Waals surface area contributed by atoms with Crippen LogP contribution in [-0.4, -0.2) is 23.9 Å². The number of amides is 1. The summed E-state index contributed by atoms with van der Waals surface area (Å²) >= 11 is 0. The van der Waals surface area contributed by atoms with Crippen LogP contribution in [0.3, 0.4) is 0 Å². The molecule has 3 heteroatoms. The molecule has 118 valence electrons. The largest absolute Gasteiger partial charge is 0.343 e. The van der Waals surface area contributed by atoms with Gasteiger partial charge in [-0.25, -0.2) is 0 Å². The normalized spacial score (nSPS) is 12.4. The molecule has 0 heterocycles. The van der Waals surface area contributed by atoms with Crippen molar-refractivity contribution >= 4 is 5.91 Å². The molecule has 0 saturated carbocycles. The SMILES string of the molecule is CCC(CC)CN(CC)C(=O)CCC(N)c1ccccc1. The maximum absolute atomic E-state index is 12.3. The summed E-state index contributed by atoms with van der Waals surface area (Å²) in [4.78, 5) is 14.3. The summed E-state index contributed by atoms with van der Waals surface area (Å²) < 4.78 is 0. The Morgan fingerprint density at radius 3 is 2.29 bits per heavy atom. The summed E-state index contributed by atoms with van der Waals surface area (Å²) in [7, 11) is 0. The molecule has 0 fully saturated rings. The first-order valence-electron chi connectivity index (χ1n) is 8.20. The summed E-state index contributed by atoms with van der Waals surface area (Å²) in [5.74, 6) is 0.840. The average molecular weight is 290 g/mol. The van der Waals surface area contributed by atoms with Crippen LogP contribution in [0.25, 0.3) is 0 Å². The highest BCUT2D eigenvalue weighted by Crippen LogP contribution is 2.17. The predicted molar refractivity (Wildman–Crippen MR) is 88.9 cm³/mol. The number of rotatable bonds is 9. The minimum atomic E-state index is -0.0537. The van der Waals surface area contributed by atoms with Crippen LogP contribution < -0.4 is 5.73 Å². The number of hydrogen-bond acceptors (Lipinski definition) is 2. The van der Waals surface area contributed by atoms with Crippen molar-refractivity contribution in [1.29, 1.82) is 0 Å². The van der Waals surface area contributed by atoms with Crippen LogP contribution >= 0.6 is 0 Å². The fraction of sp³-hybridized carbons (Fsp3) is 0.611. The quantitative estimate of drug-likeness (QED) is 0.753. The lowest BCUT2D eigenvalue weighted by Crippen LogP contribution is -2.35. The van der Waals surface area contributed by atoms with Crippen molar-refractivity contribution in [2.24, 2.45) is 11.7 Å². The molecule has 0 aliphatic rings. The molecule has 1 atom stereocenters. The minimum Gasteiger partial charge on any atom is -0.343 e. The molecule has 3 nitrogen and oxygen atoms in total. The van der Waals surface area contributed by atoms with E-state index >= 15 is 0 Å². The fourth-order valence-corrected chi connectivity index (χ4v) is 2.57. The molecule has 1 amide bonds. The first-order chi connectivity index (χ1) is 10.1. The lowest BCUT2D eigenvalue weighted by atomic mass is 10.0. The zero-order valence-electron chi connectivity index (χ0n) is 13.7. The Balaban J connectivity index is 2.47. The molecule has 0 aromatic heterocycles. The van der Waals surface area contributed by atoms with Gasteiger partial charge in [-0.3, -0.25) is 4.79 Å². The van der Waals surface area contributed by atoms with Crippen molar-refractivity contribution in [3.63, 3.8) is 0 Å². The Morgan fingerprint density at radius 1 is 1.14 bits per heavy atom. The molecule has 0 radical (unpaired) electrons. The van der Waals surface area contributed by atoms with Gasteiger partial charge in [-0.1, -0.05) is 57.0 Å². The van der Waals surface area contributed by atoms with E-state index in [-0.39, 0.29) is 11.9 Å². The predicted octanol–water partition coefficient (Wildman–Crippen LogP) is 3.75. The number of carbonyl (C=O) groups is 1. The van der Waals surface area contributed by atoms with Gasteiger partial charge in [0, 0.05) is 25.6 Å². The second-order valence-corrected chi connectivity index (χ2v) is 5.67. The minimum absolute atomic E-state index is 0.0537. The Bertz CT molecular complexity index is 401. The van der Waals surface area contributed by atoms with E-state index in [1.165, 1.54) is 0 Å². The van der Waals surface area contributed by atoms with Crippen molar-refractivity contribution in [3.05, 3.63) is 35.9 Å². The van der Waals surface area contributed by atoms with Gasteiger partial charge in [-0.15, -0.1) is 0 Å². The summed E-state index contributed by atoms with van der Waals surface area (Å²) in [6, 6.07) is 9.95. The van der Waals surface area contributed by atoms with Gasteiger partial charge in [0.25, 0.3) is 0 Å².